The molecular formula is C7H15NO4. The summed E-state index contributed by atoms with van der Waals surface area (Å²) < 4.78 is 4.63. The van der Waals surface area contributed by atoms with Crippen LogP contribution in [0.4, 0.5) is 0 Å². The first kappa shape index (κ1) is 11.4. The van der Waals surface area contributed by atoms with Crippen LogP contribution in [0.15, 0.2) is 0 Å². The van der Waals surface area contributed by atoms with Crippen molar-refractivity contribution in [3.63, 3.8) is 0 Å². The molecule has 0 bridgehead atoms. The molecule has 0 aromatic heterocycles. The van der Waals surface area contributed by atoms with Gasteiger partial charge in [-0.15, -0.1) is 0 Å². The Labute approximate surface area is 71.7 Å². The van der Waals surface area contributed by atoms with Crippen LogP contribution in [0.1, 0.15) is 13.8 Å². The Morgan fingerprint density at radius 3 is 2.50 bits per heavy atom. The van der Waals surface area contributed by atoms with Gasteiger partial charge in [-0.2, -0.15) is 0 Å². The van der Waals surface area contributed by atoms with Gasteiger partial charge in [0.2, 0.25) is 0 Å². The number of hydrogen-bond acceptors (Lipinski definition) is 5. The summed E-state index contributed by atoms with van der Waals surface area (Å²) in [5.41, 5.74) is 5.36. The number of esters is 1. The summed E-state index contributed by atoms with van der Waals surface area (Å²) >= 11 is 0. The average molecular weight is 177 g/mol. The quantitative estimate of drug-likeness (QED) is 0.264. The largest absolute Gasteiger partial charge is 0.465 e. The Kier molecular flexibility index (Phi) is 6.64. The van der Waals surface area contributed by atoms with Gasteiger partial charge in [0.25, 0.3) is 0 Å². The second-order valence-electron chi connectivity index (χ2n) is 2.05. The van der Waals surface area contributed by atoms with Crippen LogP contribution >= 0.6 is 0 Å². The Morgan fingerprint density at radius 1 is 1.33 bits per heavy atom. The standard InChI is InChI=1S/C7H15NO4/c1-3-10-7(9)6(8)5-12-11-4-2/h6H,3-5,8H2,1-2H3. The Morgan fingerprint density at radius 2 is 2.00 bits per heavy atom. The first-order valence-corrected chi connectivity index (χ1v) is 3.89. The third-order valence-corrected chi connectivity index (χ3v) is 1.04. The Hall–Kier alpha value is -0.650. The predicted octanol–water partition coefficient (Wildman–Crippen LogP) is -0.155. The third kappa shape index (κ3) is 5.06. The highest BCUT2D eigenvalue weighted by Gasteiger charge is 2.14. The summed E-state index contributed by atoms with van der Waals surface area (Å²) in [6.45, 7) is 4.26. The average Bonchev–Trinajstić information content (AvgIpc) is 2.05. The van der Waals surface area contributed by atoms with Crippen molar-refractivity contribution < 1.29 is 19.3 Å². The number of rotatable bonds is 6. The molecule has 2 N–H and O–H groups in total. The van der Waals surface area contributed by atoms with Crippen LogP contribution in [0.3, 0.4) is 0 Å². The summed E-state index contributed by atoms with van der Waals surface area (Å²) in [7, 11) is 0. The molecule has 0 aliphatic carbocycles. The fourth-order valence-corrected chi connectivity index (χ4v) is 0.522. The molecular weight excluding hydrogens is 162 g/mol. The van der Waals surface area contributed by atoms with Gasteiger partial charge in [0.15, 0.2) is 0 Å². The molecule has 0 radical (unpaired) electrons. The van der Waals surface area contributed by atoms with Crippen LogP contribution in [-0.4, -0.2) is 31.8 Å². The summed E-state index contributed by atoms with van der Waals surface area (Å²) in [6, 6.07) is -0.767. The lowest BCUT2D eigenvalue weighted by molar-refractivity contribution is -0.293. The van der Waals surface area contributed by atoms with Crippen molar-refractivity contribution in [2.75, 3.05) is 19.8 Å². The van der Waals surface area contributed by atoms with Gasteiger partial charge in [-0.1, -0.05) is 0 Å². The zero-order valence-electron chi connectivity index (χ0n) is 7.41. The fraction of sp³-hybridized carbons (Fsp3) is 0.857. The summed E-state index contributed by atoms with van der Waals surface area (Å²) in [4.78, 5) is 20.0. The SMILES string of the molecule is CCOOCC(N)C(=O)OCC. The van der Waals surface area contributed by atoms with E-state index >= 15 is 0 Å². The van der Waals surface area contributed by atoms with Crippen LogP contribution in [0.2, 0.25) is 0 Å². The van der Waals surface area contributed by atoms with Crippen molar-refractivity contribution in [2.45, 2.75) is 19.9 Å². The Balaban J connectivity index is 3.42. The summed E-state index contributed by atoms with van der Waals surface area (Å²) in [5, 5.41) is 0. The molecule has 72 valence electrons. The minimum atomic E-state index is -0.767. The van der Waals surface area contributed by atoms with Gasteiger partial charge in [-0.25, -0.2) is 9.78 Å². The number of carbonyl (C=O) groups is 1. The van der Waals surface area contributed by atoms with Gasteiger partial charge >= 0.3 is 5.97 Å². The van der Waals surface area contributed by atoms with Crippen LogP contribution in [0.5, 0.6) is 0 Å². The maximum atomic E-state index is 10.9. The predicted molar refractivity (Wildman–Crippen MR) is 42.2 cm³/mol. The van der Waals surface area contributed by atoms with Gasteiger partial charge < -0.3 is 10.5 Å². The van der Waals surface area contributed by atoms with Gasteiger partial charge in [0.05, 0.1) is 13.2 Å². The van der Waals surface area contributed by atoms with Crippen molar-refractivity contribution in [1.29, 1.82) is 0 Å². The molecule has 0 aromatic carbocycles. The maximum absolute atomic E-state index is 10.9. The van der Waals surface area contributed by atoms with Crippen molar-refractivity contribution in [2.24, 2.45) is 5.73 Å². The minimum Gasteiger partial charge on any atom is -0.465 e. The molecule has 0 rings (SSSR count). The molecule has 0 aliphatic heterocycles. The van der Waals surface area contributed by atoms with Crippen LogP contribution < -0.4 is 5.73 Å². The van der Waals surface area contributed by atoms with Crippen molar-refractivity contribution in [3.05, 3.63) is 0 Å². The number of nitrogens with two attached hydrogens (primary N) is 1. The molecule has 5 nitrogen and oxygen atoms in total. The van der Waals surface area contributed by atoms with E-state index in [1.165, 1.54) is 0 Å². The highest BCUT2D eigenvalue weighted by molar-refractivity contribution is 5.75. The van der Waals surface area contributed by atoms with E-state index in [9.17, 15) is 4.79 Å². The molecule has 12 heavy (non-hydrogen) atoms. The molecule has 0 heterocycles. The normalized spacial score (nSPS) is 12.6. The molecule has 0 amide bonds. The van der Waals surface area contributed by atoms with E-state index in [0.29, 0.717) is 13.2 Å². The first-order valence-electron chi connectivity index (χ1n) is 3.89. The van der Waals surface area contributed by atoms with Gasteiger partial charge in [0, 0.05) is 0 Å². The first-order chi connectivity index (χ1) is 5.72. The van der Waals surface area contributed by atoms with E-state index in [1.54, 1.807) is 13.8 Å². The molecule has 0 saturated heterocycles. The molecule has 0 spiro atoms. The second kappa shape index (κ2) is 7.02. The van der Waals surface area contributed by atoms with Crippen LogP contribution in [0.25, 0.3) is 0 Å². The molecule has 0 fully saturated rings. The fourth-order valence-electron chi connectivity index (χ4n) is 0.522. The molecule has 5 heteroatoms. The number of ether oxygens (including phenoxy) is 1. The molecule has 1 atom stereocenters. The highest BCUT2D eigenvalue weighted by Crippen LogP contribution is 1.88. The monoisotopic (exact) mass is 177 g/mol. The highest BCUT2D eigenvalue weighted by atomic mass is 17.2. The number of carbonyl (C=O) groups excluding carboxylic acids is 1. The molecule has 0 saturated carbocycles. The summed E-state index contributed by atoms with van der Waals surface area (Å²) in [6.07, 6.45) is 0. The lowest BCUT2D eigenvalue weighted by Crippen LogP contribution is -2.36. The van der Waals surface area contributed by atoms with Crippen LogP contribution in [-0.2, 0) is 19.3 Å². The van der Waals surface area contributed by atoms with E-state index < -0.39 is 12.0 Å². The lowest BCUT2D eigenvalue weighted by Gasteiger charge is -2.09. The molecule has 1 unspecified atom stereocenters. The summed E-state index contributed by atoms with van der Waals surface area (Å²) in [5.74, 6) is -0.475. The van der Waals surface area contributed by atoms with E-state index in [-0.39, 0.29) is 6.61 Å². The lowest BCUT2D eigenvalue weighted by atomic mass is 10.3. The third-order valence-electron chi connectivity index (χ3n) is 1.04. The van der Waals surface area contributed by atoms with Gasteiger partial charge in [-0.05, 0) is 13.8 Å². The van der Waals surface area contributed by atoms with Crippen molar-refractivity contribution >= 4 is 5.97 Å². The Bertz CT molecular complexity index is 129. The molecule has 0 aliphatic rings. The van der Waals surface area contributed by atoms with Crippen molar-refractivity contribution in [3.8, 4) is 0 Å². The van der Waals surface area contributed by atoms with Gasteiger partial charge in [0.1, 0.15) is 12.6 Å². The maximum Gasteiger partial charge on any atom is 0.325 e. The minimum absolute atomic E-state index is 0.0205. The second-order valence-corrected chi connectivity index (χ2v) is 2.05. The van der Waals surface area contributed by atoms with E-state index in [0.717, 1.165) is 0 Å². The van der Waals surface area contributed by atoms with Crippen molar-refractivity contribution in [1.82, 2.24) is 0 Å². The number of hydrogen-bond donors (Lipinski definition) is 1. The van der Waals surface area contributed by atoms with Crippen LogP contribution in [0, 0.1) is 0 Å². The topological polar surface area (TPSA) is 70.8 Å². The van der Waals surface area contributed by atoms with Gasteiger partial charge in [-0.3, -0.25) is 4.79 Å². The zero-order valence-corrected chi connectivity index (χ0v) is 7.41. The molecule has 0 aromatic rings. The van der Waals surface area contributed by atoms with E-state index in [4.69, 9.17) is 5.73 Å². The zero-order chi connectivity index (χ0) is 9.40. The van der Waals surface area contributed by atoms with E-state index in [2.05, 4.69) is 14.5 Å². The van der Waals surface area contributed by atoms with E-state index in [1.807, 2.05) is 0 Å². The smallest absolute Gasteiger partial charge is 0.325 e.